The van der Waals surface area contributed by atoms with E-state index in [9.17, 15) is 17.6 Å². The highest BCUT2D eigenvalue weighted by Crippen LogP contribution is 2.48. The van der Waals surface area contributed by atoms with E-state index in [0.717, 1.165) is 17.5 Å². The van der Waals surface area contributed by atoms with Crippen molar-refractivity contribution in [2.75, 3.05) is 0 Å². The maximum atomic E-state index is 13.5. The van der Waals surface area contributed by atoms with Crippen molar-refractivity contribution in [3.05, 3.63) is 51.7 Å². The third kappa shape index (κ3) is 4.41. The zero-order chi connectivity index (χ0) is 18.8. The van der Waals surface area contributed by atoms with Crippen molar-refractivity contribution < 1.29 is 22.3 Å². The number of nitriles is 1. The van der Waals surface area contributed by atoms with Crippen LogP contribution < -0.4 is 4.74 Å². The molecule has 0 aromatic heterocycles. The van der Waals surface area contributed by atoms with Crippen LogP contribution in [0.4, 0.5) is 17.6 Å². The minimum Gasteiger partial charge on any atom is -0.457 e. The second-order valence-electron chi connectivity index (χ2n) is 4.91. The number of ether oxygens (including phenoxy) is 1. The van der Waals surface area contributed by atoms with E-state index in [0.29, 0.717) is 5.56 Å². The second-order valence-corrected chi connectivity index (χ2v) is 7.75. The second kappa shape index (κ2) is 7.58. The van der Waals surface area contributed by atoms with E-state index in [4.69, 9.17) is 10.00 Å². The number of nitrogens with zero attached hydrogens (tertiary/aromatic N) is 1. The third-order valence-electron chi connectivity index (χ3n) is 3.25. The standard InChI is InChI=1S/C17H12BrF4NOS/c1-3-25(17(20,21)22)15-5-4-14(10(2)16(15)18)24-13-7-11(9-23)6-12(19)8-13/h3-8H,1-2H3. The Balaban J connectivity index is 2.45. The average molecular weight is 434 g/mol. The van der Waals surface area contributed by atoms with E-state index >= 15 is 0 Å². The molecule has 132 valence electrons. The lowest BCUT2D eigenvalue weighted by Crippen LogP contribution is -2.05. The molecule has 2 aromatic rings. The number of hydrogen-bond acceptors (Lipinski definition) is 2. The van der Waals surface area contributed by atoms with Crippen LogP contribution in [0, 0.1) is 24.1 Å². The normalized spacial score (nSPS) is 12.7. The van der Waals surface area contributed by atoms with E-state index in [-0.39, 0.29) is 26.4 Å². The van der Waals surface area contributed by atoms with Gasteiger partial charge in [0, 0.05) is 21.0 Å². The summed E-state index contributed by atoms with van der Waals surface area (Å²) in [5.41, 5.74) is -3.84. The van der Waals surface area contributed by atoms with Gasteiger partial charge in [-0.1, -0.05) is 15.9 Å². The Kier molecular flexibility index (Phi) is 5.91. The molecule has 0 heterocycles. The maximum Gasteiger partial charge on any atom is 0.440 e. The van der Waals surface area contributed by atoms with Crippen LogP contribution in [0.5, 0.6) is 11.5 Å². The van der Waals surface area contributed by atoms with Gasteiger partial charge in [0.1, 0.15) is 17.3 Å². The van der Waals surface area contributed by atoms with Crippen LogP contribution in [-0.4, -0.2) is 10.9 Å². The van der Waals surface area contributed by atoms with Crippen LogP contribution >= 0.6 is 26.4 Å². The van der Waals surface area contributed by atoms with Crippen molar-refractivity contribution in [2.24, 2.45) is 0 Å². The average Bonchev–Trinajstić information content (AvgIpc) is 2.52. The van der Waals surface area contributed by atoms with Crippen molar-refractivity contribution in [2.45, 2.75) is 24.3 Å². The Morgan fingerprint density at radius 3 is 2.48 bits per heavy atom. The fourth-order valence-electron chi connectivity index (χ4n) is 2.12. The quantitative estimate of drug-likeness (QED) is 0.407. The Morgan fingerprint density at radius 2 is 1.92 bits per heavy atom. The lowest BCUT2D eigenvalue weighted by molar-refractivity contribution is -0.0334. The summed E-state index contributed by atoms with van der Waals surface area (Å²) < 4.78 is 58.8. The van der Waals surface area contributed by atoms with Gasteiger partial charge in [-0.2, -0.15) is 18.4 Å². The van der Waals surface area contributed by atoms with Gasteiger partial charge in [0.15, 0.2) is 0 Å². The van der Waals surface area contributed by atoms with Gasteiger partial charge >= 0.3 is 5.51 Å². The summed E-state index contributed by atoms with van der Waals surface area (Å²) in [5, 5.41) is 9.97. The zero-order valence-corrected chi connectivity index (χ0v) is 15.5. The van der Waals surface area contributed by atoms with Crippen LogP contribution in [-0.2, 0) is 0 Å². The maximum absolute atomic E-state index is 13.5. The largest absolute Gasteiger partial charge is 0.457 e. The first-order valence-corrected chi connectivity index (χ1v) is 9.02. The highest BCUT2D eigenvalue weighted by atomic mass is 79.9. The topological polar surface area (TPSA) is 33.0 Å². The molecule has 0 fully saturated rings. The van der Waals surface area contributed by atoms with E-state index in [1.807, 2.05) is 6.07 Å². The summed E-state index contributed by atoms with van der Waals surface area (Å²) in [6.45, 7) is 2.96. The zero-order valence-electron chi connectivity index (χ0n) is 13.1. The van der Waals surface area contributed by atoms with Crippen molar-refractivity contribution in [3.8, 4) is 17.6 Å². The number of alkyl halides is 3. The van der Waals surface area contributed by atoms with Gasteiger partial charge < -0.3 is 4.74 Å². The highest BCUT2D eigenvalue weighted by molar-refractivity contribution is 9.10. The number of halogens is 5. The molecule has 0 aliphatic rings. The molecule has 0 spiro atoms. The van der Waals surface area contributed by atoms with Gasteiger partial charge in [0.2, 0.25) is 0 Å². The fourth-order valence-corrected chi connectivity index (χ4v) is 4.30. The molecule has 2 nitrogen and oxygen atoms in total. The molecule has 0 N–H and O–H groups in total. The summed E-state index contributed by atoms with van der Waals surface area (Å²) in [6, 6.07) is 8.05. The molecule has 2 rings (SSSR count). The SMILES string of the molecule is C/C=S(\c1ccc(Oc2cc(F)cc(C#N)c2)c(C)c1Br)C(F)(F)F. The van der Waals surface area contributed by atoms with Crippen LogP contribution in [0.1, 0.15) is 18.1 Å². The molecule has 0 aliphatic carbocycles. The lowest BCUT2D eigenvalue weighted by Gasteiger charge is -2.18. The molecule has 25 heavy (non-hydrogen) atoms. The summed E-state index contributed by atoms with van der Waals surface area (Å²) in [5.74, 6) is -0.273. The third-order valence-corrected chi connectivity index (χ3v) is 6.32. The molecule has 0 bridgehead atoms. The van der Waals surface area contributed by atoms with E-state index < -0.39 is 21.8 Å². The van der Waals surface area contributed by atoms with Crippen LogP contribution in [0.25, 0.3) is 0 Å². The van der Waals surface area contributed by atoms with Crippen LogP contribution in [0.2, 0.25) is 0 Å². The van der Waals surface area contributed by atoms with Gasteiger partial charge in [-0.15, -0.1) is 0 Å². The predicted molar refractivity (Wildman–Crippen MR) is 93.7 cm³/mol. The number of hydrogen-bond donors (Lipinski definition) is 0. The first-order chi connectivity index (χ1) is 11.7. The Morgan fingerprint density at radius 1 is 1.24 bits per heavy atom. The molecule has 8 heteroatoms. The molecule has 0 saturated heterocycles. The Hall–Kier alpha value is -1.85. The Labute approximate surface area is 153 Å². The molecule has 0 radical (unpaired) electrons. The minimum atomic E-state index is -4.38. The molecule has 1 atom stereocenters. The molecule has 0 amide bonds. The summed E-state index contributed by atoms with van der Waals surface area (Å²) >= 11 is 3.20. The van der Waals surface area contributed by atoms with Gasteiger partial charge in [-0.25, -0.2) is 4.39 Å². The van der Waals surface area contributed by atoms with Crippen LogP contribution in [0.15, 0.2) is 39.7 Å². The van der Waals surface area contributed by atoms with Crippen molar-refractivity contribution in [3.63, 3.8) is 0 Å². The molecule has 0 saturated carbocycles. The molecular formula is C17H12BrF4NOS. The highest BCUT2D eigenvalue weighted by Gasteiger charge is 2.34. The first-order valence-electron chi connectivity index (χ1n) is 6.94. The van der Waals surface area contributed by atoms with Gasteiger partial charge in [-0.3, -0.25) is 0 Å². The van der Waals surface area contributed by atoms with Crippen LogP contribution in [0.3, 0.4) is 0 Å². The smallest absolute Gasteiger partial charge is 0.440 e. The van der Waals surface area contributed by atoms with E-state index in [2.05, 4.69) is 15.9 Å². The lowest BCUT2D eigenvalue weighted by atomic mass is 10.2. The van der Waals surface area contributed by atoms with Crippen molar-refractivity contribution in [1.29, 1.82) is 5.26 Å². The van der Waals surface area contributed by atoms with Gasteiger partial charge in [0.25, 0.3) is 0 Å². The number of rotatable bonds is 3. The van der Waals surface area contributed by atoms with Crippen molar-refractivity contribution >= 4 is 31.8 Å². The summed E-state index contributed by atoms with van der Waals surface area (Å²) in [6.07, 6.45) is 0. The van der Waals surface area contributed by atoms with Crippen molar-refractivity contribution in [1.82, 2.24) is 0 Å². The molecular weight excluding hydrogens is 422 g/mol. The Bertz CT molecular complexity index is 887. The first kappa shape index (κ1) is 19.5. The van der Waals surface area contributed by atoms with E-state index in [1.54, 1.807) is 6.92 Å². The molecule has 0 aliphatic heterocycles. The van der Waals surface area contributed by atoms with Gasteiger partial charge in [0.05, 0.1) is 11.6 Å². The fraction of sp³-hybridized carbons (Fsp3) is 0.176. The number of benzene rings is 2. The minimum absolute atomic E-state index is 0.0857. The summed E-state index contributed by atoms with van der Waals surface area (Å²) in [4.78, 5) is 0.0943. The van der Waals surface area contributed by atoms with Gasteiger partial charge in [-0.05, 0) is 54.0 Å². The monoisotopic (exact) mass is 433 g/mol. The molecule has 1 unspecified atom stereocenters. The van der Waals surface area contributed by atoms with E-state index in [1.165, 1.54) is 25.1 Å². The summed E-state index contributed by atoms with van der Waals surface area (Å²) in [7, 11) is -2.03. The molecule has 2 aromatic carbocycles. The predicted octanol–water partition coefficient (Wildman–Crippen LogP) is 6.53.